The van der Waals surface area contributed by atoms with Crippen LogP contribution in [0.5, 0.6) is 0 Å². The summed E-state index contributed by atoms with van der Waals surface area (Å²) in [5.41, 5.74) is 0.831. The number of hydrogen-bond donors (Lipinski definition) is 2. The highest BCUT2D eigenvalue weighted by molar-refractivity contribution is 6.58. The molecular weight excluding hydrogens is 256 g/mol. The molecule has 0 saturated carbocycles. The van der Waals surface area contributed by atoms with Crippen molar-refractivity contribution in [1.82, 2.24) is 4.90 Å². The molecule has 1 aromatic rings. The minimum Gasteiger partial charge on any atom is -0.423 e. The second-order valence-corrected chi connectivity index (χ2v) is 5.71. The van der Waals surface area contributed by atoms with Crippen LogP contribution in [0.4, 0.5) is 4.39 Å². The zero-order valence-electron chi connectivity index (χ0n) is 12.1. The number of hydrogen-bond acceptors (Lipinski definition) is 3. The maximum Gasteiger partial charge on any atom is 0.488 e. The minimum atomic E-state index is -1.61. The van der Waals surface area contributed by atoms with Crippen LogP contribution in [0.1, 0.15) is 38.2 Å². The lowest BCUT2D eigenvalue weighted by Crippen LogP contribution is -2.31. The first-order valence-corrected chi connectivity index (χ1v) is 7.47. The molecule has 3 nitrogen and oxygen atoms in total. The third kappa shape index (κ3) is 4.04. The van der Waals surface area contributed by atoms with Crippen molar-refractivity contribution in [3.05, 3.63) is 29.6 Å². The largest absolute Gasteiger partial charge is 0.488 e. The van der Waals surface area contributed by atoms with Gasteiger partial charge in [0.25, 0.3) is 0 Å². The molecular formula is C15H23BFNO2. The second-order valence-electron chi connectivity index (χ2n) is 5.71. The molecule has 1 saturated heterocycles. The summed E-state index contributed by atoms with van der Waals surface area (Å²) in [7, 11) is -1.61. The molecule has 110 valence electrons. The van der Waals surface area contributed by atoms with Gasteiger partial charge in [-0.05, 0) is 49.8 Å². The summed E-state index contributed by atoms with van der Waals surface area (Å²) in [6.45, 7) is 4.87. The summed E-state index contributed by atoms with van der Waals surface area (Å²) < 4.78 is 14.0. The van der Waals surface area contributed by atoms with Gasteiger partial charge >= 0.3 is 7.12 Å². The zero-order valence-corrected chi connectivity index (χ0v) is 12.1. The minimum absolute atomic E-state index is 0.202. The van der Waals surface area contributed by atoms with E-state index in [9.17, 15) is 4.39 Å². The highest BCUT2D eigenvalue weighted by Crippen LogP contribution is 2.21. The molecule has 1 atom stereocenters. The molecule has 1 aliphatic heterocycles. The molecule has 1 fully saturated rings. The van der Waals surface area contributed by atoms with Gasteiger partial charge in [-0.25, -0.2) is 4.39 Å². The van der Waals surface area contributed by atoms with E-state index in [1.165, 1.54) is 31.7 Å². The number of rotatable bonds is 4. The zero-order chi connectivity index (χ0) is 14.5. The van der Waals surface area contributed by atoms with Gasteiger partial charge in [0.05, 0.1) is 0 Å². The quantitative estimate of drug-likeness (QED) is 0.821. The van der Waals surface area contributed by atoms with Gasteiger partial charge < -0.3 is 10.0 Å². The molecule has 0 spiro atoms. The third-order valence-electron chi connectivity index (χ3n) is 4.29. The van der Waals surface area contributed by atoms with Crippen LogP contribution in [-0.2, 0) is 6.54 Å². The fourth-order valence-corrected chi connectivity index (χ4v) is 2.88. The van der Waals surface area contributed by atoms with Crippen LogP contribution in [0.3, 0.4) is 0 Å². The van der Waals surface area contributed by atoms with Gasteiger partial charge in [-0.1, -0.05) is 25.5 Å². The first kappa shape index (κ1) is 15.5. The molecule has 2 rings (SSSR count). The van der Waals surface area contributed by atoms with Gasteiger partial charge in [0.2, 0.25) is 0 Å². The van der Waals surface area contributed by atoms with Crippen molar-refractivity contribution in [2.24, 2.45) is 5.92 Å². The molecule has 1 unspecified atom stereocenters. The molecule has 0 aromatic heterocycles. The van der Waals surface area contributed by atoms with Gasteiger partial charge in [0, 0.05) is 12.1 Å². The number of likely N-dealkylation sites (tertiary alicyclic amines) is 1. The summed E-state index contributed by atoms with van der Waals surface area (Å²) in [6, 6.07) is 4.45. The van der Waals surface area contributed by atoms with Crippen molar-refractivity contribution >= 4 is 12.6 Å². The summed E-state index contributed by atoms with van der Waals surface area (Å²) in [4.78, 5) is 2.29. The van der Waals surface area contributed by atoms with Crippen molar-refractivity contribution in [2.45, 2.75) is 39.2 Å². The topological polar surface area (TPSA) is 43.7 Å². The van der Waals surface area contributed by atoms with Crippen LogP contribution in [0.15, 0.2) is 18.2 Å². The van der Waals surface area contributed by atoms with E-state index in [1.54, 1.807) is 12.1 Å². The van der Waals surface area contributed by atoms with Crippen LogP contribution >= 0.6 is 0 Å². The first-order chi connectivity index (χ1) is 9.60. The molecule has 0 radical (unpaired) electrons. The average Bonchev–Trinajstić information content (AvgIpc) is 2.66. The SMILES string of the molecule is CCC1CCCN(Cc2ccc(B(O)O)cc2F)CC1. The van der Waals surface area contributed by atoms with Crippen LogP contribution in [0.25, 0.3) is 0 Å². The Hall–Kier alpha value is -0.905. The van der Waals surface area contributed by atoms with E-state index in [0.29, 0.717) is 12.1 Å². The van der Waals surface area contributed by atoms with Crippen molar-refractivity contribution < 1.29 is 14.4 Å². The highest BCUT2D eigenvalue weighted by Gasteiger charge is 2.18. The van der Waals surface area contributed by atoms with Crippen molar-refractivity contribution in [3.63, 3.8) is 0 Å². The number of halogens is 1. The number of benzene rings is 1. The average molecular weight is 279 g/mol. The molecule has 1 heterocycles. The molecule has 5 heteroatoms. The Morgan fingerprint density at radius 1 is 1.30 bits per heavy atom. The summed E-state index contributed by atoms with van der Waals surface area (Å²) in [6.07, 6.45) is 4.86. The molecule has 0 amide bonds. The van der Waals surface area contributed by atoms with E-state index in [2.05, 4.69) is 11.8 Å². The lowest BCUT2D eigenvalue weighted by atomic mass is 9.80. The van der Waals surface area contributed by atoms with E-state index in [4.69, 9.17) is 10.0 Å². The van der Waals surface area contributed by atoms with E-state index < -0.39 is 7.12 Å². The van der Waals surface area contributed by atoms with Crippen LogP contribution < -0.4 is 5.46 Å². The van der Waals surface area contributed by atoms with Crippen LogP contribution in [0, 0.1) is 11.7 Å². The summed E-state index contributed by atoms with van der Waals surface area (Å²) in [5.74, 6) is 0.448. The molecule has 2 N–H and O–H groups in total. The number of nitrogens with zero attached hydrogens (tertiary/aromatic N) is 1. The van der Waals surface area contributed by atoms with Gasteiger partial charge in [0.1, 0.15) is 5.82 Å². The molecule has 1 aromatic carbocycles. The van der Waals surface area contributed by atoms with Crippen LogP contribution in [0.2, 0.25) is 0 Å². The Morgan fingerprint density at radius 2 is 2.10 bits per heavy atom. The van der Waals surface area contributed by atoms with Crippen molar-refractivity contribution in [3.8, 4) is 0 Å². The van der Waals surface area contributed by atoms with E-state index in [-0.39, 0.29) is 11.3 Å². The lowest BCUT2D eigenvalue weighted by molar-refractivity contribution is 0.268. The normalized spacial score (nSPS) is 20.7. The Morgan fingerprint density at radius 3 is 2.75 bits per heavy atom. The van der Waals surface area contributed by atoms with Crippen molar-refractivity contribution in [1.29, 1.82) is 0 Å². The lowest BCUT2D eigenvalue weighted by Gasteiger charge is -2.20. The maximum atomic E-state index is 14.0. The highest BCUT2D eigenvalue weighted by atomic mass is 19.1. The standard InChI is InChI=1S/C15H23BFNO2/c1-2-12-4-3-8-18(9-7-12)11-13-5-6-14(16(19)20)10-15(13)17/h5-6,10,12,19-20H,2-4,7-9,11H2,1H3. The fourth-order valence-electron chi connectivity index (χ4n) is 2.88. The summed E-state index contributed by atoms with van der Waals surface area (Å²) in [5, 5.41) is 18.1. The van der Waals surface area contributed by atoms with Gasteiger partial charge in [0.15, 0.2) is 0 Å². The first-order valence-electron chi connectivity index (χ1n) is 7.47. The maximum absolute atomic E-state index is 14.0. The van der Waals surface area contributed by atoms with E-state index in [1.807, 2.05) is 0 Å². The second kappa shape index (κ2) is 7.20. The summed E-state index contributed by atoms with van der Waals surface area (Å²) >= 11 is 0. The molecule has 1 aliphatic rings. The van der Waals surface area contributed by atoms with E-state index >= 15 is 0 Å². The Bertz CT molecular complexity index is 442. The molecule has 0 bridgehead atoms. The Labute approximate surface area is 120 Å². The molecule has 20 heavy (non-hydrogen) atoms. The Kier molecular flexibility index (Phi) is 5.58. The predicted molar refractivity (Wildman–Crippen MR) is 79.1 cm³/mol. The third-order valence-corrected chi connectivity index (χ3v) is 4.29. The van der Waals surface area contributed by atoms with E-state index in [0.717, 1.165) is 19.0 Å². The Balaban J connectivity index is 1.99. The fraction of sp³-hybridized carbons (Fsp3) is 0.600. The smallest absolute Gasteiger partial charge is 0.423 e. The van der Waals surface area contributed by atoms with Gasteiger partial charge in [-0.3, -0.25) is 4.90 Å². The van der Waals surface area contributed by atoms with Gasteiger partial charge in [-0.2, -0.15) is 0 Å². The van der Waals surface area contributed by atoms with Gasteiger partial charge in [-0.15, -0.1) is 0 Å². The van der Waals surface area contributed by atoms with Crippen LogP contribution in [-0.4, -0.2) is 35.2 Å². The monoisotopic (exact) mass is 279 g/mol. The van der Waals surface area contributed by atoms with Crippen molar-refractivity contribution in [2.75, 3.05) is 13.1 Å². The molecule has 0 aliphatic carbocycles. The predicted octanol–water partition coefficient (Wildman–Crippen LogP) is 1.52.